The Morgan fingerprint density at radius 1 is 0.939 bits per heavy atom. The van der Waals surface area contributed by atoms with Crippen molar-refractivity contribution in [2.24, 2.45) is 0 Å². The Morgan fingerprint density at radius 3 is 2.03 bits per heavy atom. The van der Waals surface area contributed by atoms with E-state index in [9.17, 15) is 9.90 Å². The predicted octanol–water partition coefficient (Wildman–Crippen LogP) is 3.35. The number of benzene rings is 2. The number of methoxy groups -OCH3 is 2. The quantitative estimate of drug-likeness (QED) is 0.464. The van der Waals surface area contributed by atoms with Gasteiger partial charge in [-0.15, -0.1) is 0 Å². The molecular formula is C26H33NO6. The maximum Gasteiger partial charge on any atom is 0.188 e. The van der Waals surface area contributed by atoms with Crippen LogP contribution in [0.25, 0.3) is 0 Å². The molecule has 1 saturated heterocycles. The highest BCUT2D eigenvalue weighted by Gasteiger charge is 2.27. The van der Waals surface area contributed by atoms with Gasteiger partial charge in [0.2, 0.25) is 0 Å². The van der Waals surface area contributed by atoms with Crippen molar-refractivity contribution in [2.75, 3.05) is 33.9 Å². The minimum absolute atomic E-state index is 0.0252. The molecule has 0 radical (unpaired) electrons. The van der Waals surface area contributed by atoms with Crippen molar-refractivity contribution in [3.05, 3.63) is 71.9 Å². The summed E-state index contributed by atoms with van der Waals surface area (Å²) in [4.78, 5) is 15.0. The van der Waals surface area contributed by atoms with E-state index in [0.29, 0.717) is 6.61 Å². The van der Waals surface area contributed by atoms with Gasteiger partial charge >= 0.3 is 0 Å². The molecule has 0 saturated carbocycles. The summed E-state index contributed by atoms with van der Waals surface area (Å²) in [7, 11) is 3.22. The molecule has 0 amide bonds. The van der Waals surface area contributed by atoms with Crippen molar-refractivity contribution in [3.8, 4) is 11.5 Å². The molecule has 2 aromatic carbocycles. The molecular weight excluding hydrogens is 422 g/mol. The summed E-state index contributed by atoms with van der Waals surface area (Å²) < 4.78 is 21.9. The second kappa shape index (κ2) is 13.0. The van der Waals surface area contributed by atoms with Gasteiger partial charge < -0.3 is 29.0 Å². The number of hydrogen-bond donors (Lipinski definition) is 1. The van der Waals surface area contributed by atoms with Crippen molar-refractivity contribution < 1.29 is 28.8 Å². The lowest BCUT2D eigenvalue weighted by molar-refractivity contribution is -0.139. The molecule has 1 heterocycles. The molecule has 2 atom stereocenters. The van der Waals surface area contributed by atoms with Gasteiger partial charge in [-0.25, -0.2) is 0 Å². The molecule has 33 heavy (non-hydrogen) atoms. The van der Waals surface area contributed by atoms with Crippen LogP contribution in [-0.2, 0) is 27.5 Å². The molecule has 0 aromatic heterocycles. The Kier molecular flexibility index (Phi) is 9.75. The van der Waals surface area contributed by atoms with Gasteiger partial charge in [0, 0.05) is 19.3 Å². The van der Waals surface area contributed by atoms with Gasteiger partial charge in [-0.2, -0.15) is 0 Å². The first-order valence-corrected chi connectivity index (χ1v) is 11.2. The number of nitrogens with zero attached hydrogens (tertiary/aromatic N) is 1. The maximum atomic E-state index is 12.9. The molecule has 1 aliphatic heterocycles. The van der Waals surface area contributed by atoms with E-state index in [0.717, 1.165) is 48.6 Å². The zero-order valence-corrected chi connectivity index (χ0v) is 19.3. The van der Waals surface area contributed by atoms with Crippen LogP contribution < -0.4 is 9.47 Å². The molecule has 0 spiro atoms. The molecule has 0 bridgehead atoms. The van der Waals surface area contributed by atoms with Gasteiger partial charge in [-0.05, 0) is 54.3 Å². The fraction of sp³-hybridized carbons (Fsp3) is 0.423. The Morgan fingerprint density at radius 2 is 1.48 bits per heavy atom. The fourth-order valence-electron chi connectivity index (χ4n) is 3.56. The standard InChI is InChI=1S/C26H33NO6/c1-30-22-9-5-20(6-10-22)17-32-19-25(29)26(24(28)13-16-27-14-3-4-15-27)33-18-21-7-11-23(31-2)12-8-21/h5-13,16,25-26,29H,3-4,14-15,17-19H2,1-2H3/b16-13+/t25-,26+/m1/s1. The Bertz CT molecular complexity index is 875. The van der Waals surface area contributed by atoms with Crippen LogP contribution in [0, 0.1) is 0 Å². The lowest BCUT2D eigenvalue weighted by Crippen LogP contribution is -2.39. The minimum Gasteiger partial charge on any atom is -0.497 e. The van der Waals surface area contributed by atoms with Crippen molar-refractivity contribution >= 4 is 5.78 Å². The van der Waals surface area contributed by atoms with E-state index in [-0.39, 0.29) is 19.0 Å². The molecule has 1 fully saturated rings. The summed E-state index contributed by atoms with van der Waals surface area (Å²) in [6, 6.07) is 14.9. The van der Waals surface area contributed by atoms with Crippen LogP contribution >= 0.6 is 0 Å². The first-order chi connectivity index (χ1) is 16.1. The van der Waals surface area contributed by atoms with E-state index in [4.69, 9.17) is 18.9 Å². The monoisotopic (exact) mass is 455 g/mol. The molecule has 1 aliphatic rings. The number of ketones is 1. The lowest BCUT2D eigenvalue weighted by Gasteiger charge is -2.22. The van der Waals surface area contributed by atoms with E-state index < -0.39 is 12.2 Å². The second-order valence-corrected chi connectivity index (χ2v) is 7.97. The summed E-state index contributed by atoms with van der Waals surface area (Å²) in [5.74, 6) is 1.23. The third-order valence-electron chi connectivity index (χ3n) is 5.53. The smallest absolute Gasteiger partial charge is 0.188 e. The molecule has 7 heteroatoms. The van der Waals surface area contributed by atoms with Gasteiger partial charge in [0.25, 0.3) is 0 Å². The molecule has 0 aliphatic carbocycles. The van der Waals surface area contributed by atoms with Gasteiger partial charge in [0.15, 0.2) is 5.78 Å². The largest absolute Gasteiger partial charge is 0.497 e. The number of carbonyl (C=O) groups is 1. The van der Waals surface area contributed by atoms with Gasteiger partial charge in [0.05, 0.1) is 34.0 Å². The van der Waals surface area contributed by atoms with E-state index in [1.54, 1.807) is 20.4 Å². The van der Waals surface area contributed by atoms with Crippen LogP contribution in [0.15, 0.2) is 60.8 Å². The van der Waals surface area contributed by atoms with E-state index in [1.165, 1.54) is 6.08 Å². The molecule has 7 nitrogen and oxygen atoms in total. The highest BCUT2D eigenvalue weighted by Crippen LogP contribution is 2.16. The molecule has 1 N–H and O–H groups in total. The van der Waals surface area contributed by atoms with Crippen LogP contribution in [0.2, 0.25) is 0 Å². The minimum atomic E-state index is -1.10. The third-order valence-corrected chi connectivity index (χ3v) is 5.53. The van der Waals surface area contributed by atoms with Crippen molar-refractivity contribution in [2.45, 2.75) is 38.3 Å². The Hall–Kier alpha value is -2.87. The topological polar surface area (TPSA) is 77.5 Å². The average molecular weight is 456 g/mol. The summed E-state index contributed by atoms with van der Waals surface area (Å²) >= 11 is 0. The molecule has 0 unspecified atom stereocenters. The number of ether oxygens (including phenoxy) is 4. The first-order valence-electron chi connectivity index (χ1n) is 11.2. The number of hydrogen-bond acceptors (Lipinski definition) is 7. The van der Waals surface area contributed by atoms with Crippen LogP contribution in [0.5, 0.6) is 11.5 Å². The van der Waals surface area contributed by atoms with E-state index in [1.807, 2.05) is 48.5 Å². The van der Waals surface area contributed by atoms with Crippen LogP contribution in [0.3, 0.4) is 0 Å². The summed E-state index contributed by atoms with van der Waals surface area (Å²) in [6.45, 7) is 2.35. The van der Waals surface area contributed by atoms with Crippen molar-refractivity contribution in [1.82, 2.24) is 4.90 Å². The zero-order valence-electron chi connectivity index (χ0n) is 19.3. The van der Waals surface area contributed by atoms with Crippen molar-refractivity contribution in [1.29, 1.82) is 0 Å². The molecule has 2 aromatic rings. The van der Waals surface area contributed by atoms with E-state index in [2.05, 4.69) is 4.90 Å². The summed E-state index contributed by atoms with van der Waals surface area (Å²) in [6.07, 6.45) is 3.41. The highest BCUT2D eigenvalue weighted by molar-refractivity contribution is 5.94. The average Bonchev–Trinajstić information content (AvgIpc) is 3.37. The Labute approximate surface area is 195 Å². The van der Waals surface area contributed by atoms with Crippen molar-refractivity contribution in [3.63, 3.8) is 0 Å². The summed E-state index contributed by atoms with van der Waals surface area (Å²) in [5.41, 5.74) is 1.82. The maximum absolute atomic E-state index is 12.9. The Balaban J connectivity index is 1.58. The normalized spacial score (nSPS) is 15.5. The third kappa shape index (κ3) is 7.89. The molecule has 3 rings (SSSR count). The summed E-state index contributed by atoms with van der Waals surface area (Å²) in [5, 5.41) is 10.7. The zero-order chi connectivity index (χ0) is 23.5. The fourth-order valence-corrected chi connectivity index (χ4v) is 3.56. The van der Waals surface area contributed by atoms with Crippen LogP contribution in [0.4, 0.5) is 0 Å². The number of carbonyl (C=O) groups excluding carboxylic acids is 1. The number of likely N-dealkylation sites (tertiary alicyclic amines) is 1. The first kappa shape index (κ1) is 24.8. The van der Waals surface area contributed by atoms with Gasteiger partial charge in [-0.3, -0.25) is 4.79 Å². The van der Waals surface area contributed by atoms with Crippen LogP contribution in [0.1, 0.15) is 24.0 Å². The number of aliphatic hydroxyl groups excluding tert-OH is 1. The SMILES string of the molecule is COc1ccc(COC[C@@H](O)[C@@H](OCc2ccc(OC)cc2)C(=O)/C=C/N2CCCC2)cc1. The van der Waals surface area contributed by atoms with E-state index >= 15 is 0 Å². The molecule has 178 valence electrons. The second-order valence-electron chi connectivity index (χ2n) is 7.97. The van der Waals surface area contributed by atoms with Gasteiger partial charge in [-0.1, -0.05) is 24.3 Å². The van der Waals surface area contributed by atoms with Crippen LogP contribution in [-0.4, -0.2) is 61.9 Å². The predicted molar refractivity (Wildman–Crippen MR) is 125 cm³/mol. The number of aliphatic hydroxyl groups is 1. The number of rotatable bonds is 13. The highest BCUT2D eigenvalue weighted by atomic mass is 16.5. The lowest BCUT2D eigenvalue weighted by atomic mass is 10.1. The van der Waals surface area contributed by atoms with Gasteiger partial charge in [0.1, 0.15) is 23.7 Å².